The van der Waals surface area contributed by atoms with Crippen LogP contribution in [-0.4, -0.2) is 60.4 Å². The van der Waals surface area contributed by atoms with Gasteiger partial charge in [-0.25, -0.2) is 26.7 Å². The molecule has 0 spiro atoms. The second-order valence-corrected chi connectivity index (χ2v) is 11.6. The summed E-state index contributed by atoms with van der Waals surface area (Å²) in [5.41, 5.74) is -2.21. The van der Waals surface area contributed by atoms with Crippen LogP contribution in [0.1, 0.15) is 40.0 Å². The van der Waals surface area contributed by atoms with Crippen LogP contribution in [0.3, 0.4) is 0 Å². The van der Waals surface area contributed by atoms with E-state index in [0.29, 0.717) is 18.4 Å². The zero-order valence-electron chi connectivity index (χ0n) is 22.6. The summed E-state index contributed by atoms with van der Waals surface area (Å²) >= 11 is -1.95. The van der Waals surface area contributed by atoms with Crippen molar-refractivity contribution in [1.82, 2.24) is 18.8 Å². The number of benzene rings is 1. The third-order valence-corrected chi connectivity index (χ3v) is 7.29. The average Bonchev–Trinajstić information content (AvgIpc) is 3.32. The van der Waals surface area contributed by atoms with E-state index in [9.17, 15) is 22.6 Å². The Morgan fingerprint density at radius 3 is 2.70 bits per heavy atom. The highest BCUT2D eigenvalue weighted by molar-refractivity contribution is 7.84. The van der Waals surface area contributed by atoms with Crippen LogP contribution < -0.4 is 15.6 Å². The molecule has 1 aromatic carbocycles. The van der Waals surface area contributed by atoms with E-state index in [1.165, 1.54) is 23.6 Å². The summed E-state index contributed by atoms with van der Waals surface area (Å²) in [6.07, 6.45) is 1.16. The molecule has 3 aromatic rings. The molecular formula is C26H31F3N6O4S. The number of rotatable bonds is 9. The molecule has 40 heavy (non-hydrogen) atoms. The molecule has 1 unspecified atom stereocenters. The number of hydrogen-bond donors (Lipinski definition) is 2. The van der Waals surface area contributed by atoms with E-state index in [0.717, 1.165) is 16.7 Å². The predicted octanol–water partition coefficient (Wildman–Crippen LogP) is 3.84. The summed E-state index contributed by atoms with van der Waals surface area (Å²) in [7, 11) is 1.42. The van der Waals surface area contributed by atoms with Crippen molar-refractivity contribution >= 4 is 39.8 Å². The van der Waals surface area contributed by atoms with Gasteiger partial charge in [-0.3, -0.25) is 18.9 Å². The average molecular weight is 581 g/mol. The molecule has 1 aliphatic heterocycles. The first-order valence-electron chi connectivity index (χ1n) is 12.7. The van der Waals surface area contributed by atoms with Crippen LogP contribution in [0.4, 0.5) is 24.8 Å². The van der Waals surface area contributed by atoms with E-state index in [1.807, 2.05) is 0 Å². The SMILES string of the molecule is Cn1c(=O)c(-c2c(F)ccc(NS(=O)N3CC[C@@H](F)C3)c2F)cc2cnc(NCCCC(=O)OC(C)(C)C)nc21. The highest BCUT2D eigenvalue weighted by atomic mass is 32.2. The van der Waals surface area contributed by atoms with Crippen LogP contribution in [0.2, 0.25) is 0 Å². The third kappa shape index (κ3) is 6.78. The van der Waals surface area contributed by atoms with Crippen LogP contribution in [0.25, 0.3) is 22.2 Å². The lowest BCUT2D eigenvalue weighted by Gasteiger charge is -2.19. The fourth-order valence-electron chi connectivity index (χ4n) is 4.21. The number of aryl methyl sites for hydroxylation is 1. The molecule has 3 heterocycles. The van der Waals surface area contributed by atoms with E-state index in [1.54, 1.807) is 20.8 Å². The van der Waals surface area contributed by atoms with Gasteiger partial charge in [0.25, 0.3) is 5.56 Å². The Kier molecular flexibility index (Phi) is 8.78. The van der Waals surface area contributed by atoms with Gasteiger partial charge in [-0.15, -0.1) is 0 Å². The number of pyridine rings is 1. The summed E-state index contributed by atoms with van der Waals surface area (Å²) < 4.78 is 66.6. The molecule has 1 saturated heterocycles. The number of halogens is 3. The molecule has 0 radical (unpaired) electrons. The number of anilines is 2. The number of hydrogen-bond acceptors (Lipinski definition) is 7. The fourth-order valence-corrected chi connectivity index (χ4v) is 5.25. The molecule has 0 aliphatic carbocycles. The molecule has 0 saturated carbocycles. The number of ether oxygens (including phenoxy) is 1. The van der Waals surface area contributed by atoms with Gasteiger partial charge in [-0.2, -0.15) is 4.98 Å². The van der Waals surface area contributed by atoms with Gasteiger partial charge < -0.3 is 10.1 Å². The summed E-state index contributed by atoms with van der Waals surface area (Å²) in [5, 5.41) is 3.34. The number of nitrogens with one attached hydrogen (secondary N) is 2. The fraction of sp³-hybridized carbons (Fsp3) is 0.462. The van der Waals surface area contributed by atoms with E-state index in [4.69, 9.17) is 4.74 Å². The van der Waals surface area contributed by atoms with Crippen molar-refractivity contribution in [3.05, 3.63) is 46.4 Å². The van der Waals surface area contributed by atoms with Crippen molar-refractivity contribution in [3.8, 4) is 11.1 Å². The second-order valence-electron chi connectivity index (χ2n) is 10.4. The summed E-state index contributed by atoms with van der Waals surface area (Å²) in [6, 6.07) is 3.33. The van der Waals surface area contributed by atoms with E-state index >= 15 is 4.39 Å². The normalized spacial score (nSPS) is 16.7. The number of carbonyl (C=O) groups is 1. The van der Waals surface area contributed by atoms with E-state index in [-0.39, 0.29) is 54.7 Å². The van der Waals surface area contributed by atoms with Crippen molar-refractivity contribution in [2.75, 3.05) is 29.7 Å². The van der Waals surface area contributed by atoms with Gasteiger partial charge in [0.05, 0.1) is 16.8 Å². The van der Waals surface area contributed by atoms with Gasteiger partial charge >= 0.3 is 5.97 Å². The predicted molar refractivity (Wildman–Crippen MR) is 147 cm³/mol. The van der Waals surface area contributed by atoms with Crippen molar-refractivity contribution in [3.63, 3.8) is 0 Å². The number of fused-ring (bicyclic) bond motifs is 1. The van der Waals surface area contributed by atoms with Gasteiger partial charge in [0, 0.05) is 44.7 Å². The van der Waals surface area contributed by atoms with Crippen molar-refractivity contribution in [1.29, 1.82) is 0 Å². The number of alkyl halides is 1. The molecule has 14 heteroatoms. The van der Waals surface area contributed by atoms with Crippen LogP contribution in [-0.2, 0) is 27.8 Å². The smallest absolute Gasteiger partial charge is 0.306 e. The maximum absolute atomic E-state index is 15.5. The van der Waals surface area contributed by atoms with E-state index < -0.39 is 45.7 Å². The van der Waals surface area contributed by atoms with Gasteiger partial charge in [-0.1, -0.05) is 0 Å². The molecule has 1 aliphatic rings. The summed E-state index contributed by atoms with van der Waals surface area (Å²) in [4.78, 5) is 33.6. The molecule has 216 valence electrons. The zero-order chi connectivity index (χ0) is 29.2. The molecular weight excluding hydrogens is 549 g/mol. The van der Waals surface area contributed by atoms with Crippen molar-refractivity contribution < 1.29 is 26.9 Å². The minimum Gasteiger partial charge on any atom is -0.460 e. The van der Waals surface area contributed by atoms with E-state index in [2.05, 4.69) is 20.0 Å². The molecule has 2 N–H and O–H groups in total. The highest BCUT2D eigenvalue weighted by Gasteiger charge is 2.28. The Labute approximate surface area is 231 Å². The van der Waals surface area contributed by atoms with Gasteiger partial charge in [0.1, 0.15) is 23.2 Å². The van der Waals surface area contributed by atoms with Crippen LogP contribution in [0, 0.1) is 11.6 Å². The number of esters is 1. The van der Waals surface area contributed by atoms with Crippen molar-refractivity contribution in [2.45, 2.75) is 51.8 Å². The standard InChI is InChI=1S/C26H31F3N6O4S/c1-26(2,3)39-20(36)6-5-10-30-25-31-13-15-12-17(24(37)34(4)23(15)32-25)21-18(28)7-8-19(22(21)29)33-40(38)35-11-9-16(27)14-35/h7-8,12-13,16,33H,5-6,9-11,14H2,1-4H3,(H,30,31,32)/t16-,40?/m1/s1. The Morgan fingerprint density at radius 2 is 2.02 bits per heavy atom. The van der Waals surface area contributed by atoms with Gasteiger partial charge in [-0.05, 0) is 51.8 Å². The molecule has 2 aromatic heterocycles. The number of nitrogens with zero attached hydrogens (tertiary/aromatic N) is 4. The van der Waals surface area contributed by atoms with Crippen molar-refractivity contribution in [2.24, 2.45) is 7.05 Å². The largest absolute Gasteiger partial charge is 0.460 e. The quantitative estimate of drug-likeness (QED) is 0.292. The Bertz CT molecular complexity index is 1510. The lowest BCUT2D eigenvalue weighted by Crippen LogP contribution is -2.29. The third-order valence-electron chi connectivity index (χ3n) is 6.10. The topological polar surface area (TPSA) is 118 Å². The van der Waals surface area contributed by atoms with Gasteiger partial charge in [0.15, 0.2) is 17.0 Å². The minimum absolute atomic E-state index is 0.0684. The van der Waals surface area contributed by atoms with Gasteiger partial charge in [0.2, 0.25) is 5.95 Å². The molecule has 2 atom stereocenters. The molecule has 0 bridgehead atoms. The lowest BCUT2D eigenvalue weighted by molar-refractivity contribution is -0.154. The monoisotopic (exact) mass is 580 g/mol. The second kappa shape index (κ2) is 11.9. The maximum Gasteiger partial charge on any atom is 0.306 e. The zero-order valence-corrected chi connectivity index (χ0v) is 23.4. The first-order chi connectivity index (χ1) is 18.8. The summed E-state index contributed by atoms with van der Waals surface area (Å²) in [5.74, 6) is -2.20. The number of carbonyl (C=O) groups excluding carboxylic acids is 1. The molecule has 1 fully saturated rings. The maximum atomic E-state index is 15.5. The minimum atomic E-state index is -1.95. The van der Waals surface area contributed by atoms with Crippen LogP contribution in [0.5, 0.6) is 0 Å². The first kappa shape index (κ1) is 29.5. The van der Waals surface area contributed by atoms with Crippen LogP contribution in [0.15, 0.2) is 29.2 Å². The molecule has 4 rings (SSSR count). The Hall–Kier alpha value is -3.52. The summed E-state index contributed by atoms with van der Waals surface area (Å²) in [6.45, 7) is 5.90. The van der Waals surface area contributed by atoms with Crippen LogP contribution >= 0.6 is 0 Å². The first-order valence-corrected chi connectivity index (χ1v) is 13.8. The lowest BCUT2D eigenvalue weighted by atomic mass is 10.0. The molecule has 10 nitrogen and oxygen atoms in total. The Balaban J connectivity index is 1.54. The Morgan fingerprint density at radius 1 is 1.27 bits per heavy atom. The number of aromatic nitrogens is 3. The highest BCUT2D eigenvalue weighted by Crippen LogP contribution is 2.31. The molecule has 0 amide bonds.